The average Bonchev–Trinajstić information content (AvgIpc) is 3.17. The topological polar surface area (TPSA) is 74.2 Å². The molecule has 2 aromatic heterocycles. The van der Waals surface area contributed by atoms with Gasteiger partial charge < -0.3 is 10.2 Å². The monoisotopic (exact) mass is 402 g/mol. The minimum atomic E-state index is 0.219. The molecular weight excluding hydrogens is 372 g/mol. The largest absolute Gasteiger partial charge is 0.342 e. The Morgan fingerprint density at radius 3 is 2.82 bits per heavy atom. The molecule has 1 fully saturated rings. The van der Waals surface area contributed by atoms with Gasteiger partial charge in [0.05, 0.1) is 6.54 Å². The minimum Gasteiger partial charge on any atom is -0.342 e. The molecule has 1 N–H and O–H groups in total. The Morgan fingerprint density at radius 2 is 2.11 bits per heavy atom. The quantitative estimate of drug-likeness (QED) is 0.730. The molecule has 3 heterocycles. The highest BCUT2D eigenvalue weighted by atomic mass is 32.1. The van der Waals surface area contributed by atoms with E-state index < -0.39 is 0 Å². The van der Waals surface area contributed by atoms with E-state index in [9.17, 15) is 4.79 Å². The summed E-state index contributed by atoms with van der Waals surface area (Å²) in [5.41, 5.74) is 1.07. The maximum absolute atomic E-state index is 12.4. The first kappa shape index (κ1) is 20.7. The van der Waals surface area contributed by atoms with Gasteiger partial charge in [0.1, 0.15) is 10.8 Å². The van der Waals surface area contributed by atoms with E-state index in [0.717, 1.165) is 67.1 Å². The van der Waals surface area contributed by atoms with Gasteiger partial charge >= 0.3 is 0 Å². The minimum absolute atomic E-state index is 0.219. The van der Waals surface area contributed by atoms with Crippen molar-refractivity contribution in [1.29, 1.82) is 0 Å². The number of likely N-dealkylation sites (N-methyl/N-ethyl adjacent to an activating group) is 1. The molecule has 0 spiro atoms. The van der Waals surface area contributed by atoms with Gasteiger partial charge in [0.15, 0.2) is 0 Å². The summed E-state index contributed by atoms with van der Waals surface area (Å²) in [6, 6.07) is 6.08. The molecule has 2 aromatic rings. The first-order valence-corrected chi connectivity index (χ1v) is 11.0. The Hall–Kier alpha value is -2.06. The zero-order valence-corrected chi connectivity index (χ0v) is 17.8. The number of aromatic nitrogens is 3. The van der Waals surface area contributed by atoms with Crippen LogP contribution in [-0.4, -0.2) is 63.6 Å². The Bertz CT molecular complexity index is 776. The van der Waals surface area contributed by atoms with Crippen molar-refractivity contribution < 1.29 is 4.79 Å². The van der Waals surface area contributed by atoms with E-state index in [0.29, 0.717) is 12.5 Å². The van der Waals surface area contributed by atoms with Crippen molar-refractivity contribution in [3.63, 3.8) is 0 Å². The zero-order chi connectivity index (χ0) is 19.9. The molecule has 1 saturated heterocycles. The zero-order valence-electron chi connectivity index (χ0n) is 17.0. The highest BCUT2D eigenvalue weighted by molar-refractivity contribution is 7.15. The summed E-state index contributed by atoms with van der Waals surface area (Å²) in [6.45, 7) is 10.0. The number of pyridine rings is 1. The summed E-state index contributed by atoms with van der Waals surface area (Å²) in [5.74, 6) is 1.37. The van der Waals surface area contributed by atoms with E-state index in [1.54, 1.807) is 11.3 Å². The van der Waals surface area contributed by atoms with Gasteiger partial charge in [0, 0.05) is 31.2 Å². The number of nitrogens with zero attached hydrogens (tertiary/aromatic N) is 5. The van der Waals surface area contributed by atoms with Gasteiger partial charge in [-0.2, -0.15) is 0 Å². The van der Waals surface area contributed by atoms with E-state index in [-0.39, 0.29) is 5.91 Å². The third-order valence-corrected chi connectivity index (χ3v) is 6.16. The standard InChI is InChI=1S/C20H30N6OS/c1-4-18-23-24-20(28-18)22-17-11-7-10-16(21-17)15-9-8-12-25(13-15)14-19(27)26(5-2)6-3/h7,10-11,15H,4-6,8-9,12-14H2,1-3H3,(H,21,22,24)/t15-/m1/s1. The maximum atomic E-state index is 12.4. The van der Waals surface area contributed by atoms with Crippen molar-refractivity contribution in [2.45, 2.75) is 46.0 Å². The lowest BCUT2D eigenvalue weighted by atomic mass is 9.94. The Balaban J connectivity index is 1.63. The first-order chi connectivity index (χ1) is 13.6. The predicted molar refractivity (Wildman–Crippen MR) is 113 cm³/mol. The van der Waals surface area contributed by atoms with Crippen LogP contribution in [0, 0.1) is 0 Å². The van der Waals surface area contributed by atoms with Crippen LogP contribution in [-0.2, 0) is 11.2 Å². The molecule has 0 saturated carbocycles. The molecule has 7 nitrogen and oxygen atoms in total. The van der Waals surface area contributed by atoms with Crippen LogP contribution in [0.1, 0.15) is 50.2 Å². The number of likely N-dealkylation sites (tertiary alicyclic amines) is 1. The molecule has 1 amide bonds. The van der Waals surface area contributed by atoms with Gasteiger partial charge in [-0.15, -0.1) is 10.2 Å². The summed E-state index contributed by atoms with van der Waals surface area (Å²) in [7, 11) is 0. The van der Waals surface area contributed by atoms with Gasteiger partial charge in [-0.1, -0.05) is 24.3 Å². The molecule has 0 unspecified atom stereocenters. The number of nitrogens with one attached hydrogen (secondary N) is 1. The van der Waals surface area contributed by atoms with Crippen LogP contribution in [0.3, 0.4) is 0 Å². The maximum Gasteiger partial charge on any atom is 0.236 e. The number of aryl methyl sites for hydroxylation is 1. The lowest BCUT2D eigenvalue weighted by Crippen LogP contribution is -2.43. The van der Waals surface area contributed by atoms with Crippen LogP contribution in [0.4, 0.5) is 10.9 Å². The lowest BCUT2D eigenvalue weighted by Gasteiger charge is -2.33. The van der Waals surface area contributed by atoms with E-state index in [2.05, 4.69) is 33.4 Å². The highest BCUT2D eigenvalue weighted by Gasteiger charge is 2.25. The van der Waals surface area contributed by atoms with E-state index in [1.807, 2.05) is 30.9 Å². The van der Waals surface area contributed by atoms with Crippen molar-refractivity contribution in [2.24, 2.45) is 0 Å². The predicted octanol–water partition coefficient (Wildman–Crippen LogP) is 3.29. The van der Waals surface area contributed by atoms with Crippen LogP contribution in [0.2, 0.25) is 0 Å². The fourth-order valence-corrected chi connectivity index (χ4v) is 4.30. The molecule has 0 aliphatic carbocycles. The molecule has 0 bridgehead atoms. The van der Waals surface area contributed by atoms with Crippen molar-refractivity contribution in [3.8, 4) is 0 Å². The molecule has 152 valence electrons. The molecule has 1 aliphatic heterocycles. The summed E-state index contributed by atoms with van der Waals surface area (Å²) in [6.07, 6.45) is 3.08. The molecular formula is C20H30N6OS. The molecule has 28 heavy (non-hydrogen) atoms. The number of anilines is 2. The van der Waals surface area contributed by atoms with Crippen LogP contribution in [0.15, 0.2) is 18.2 Å². The first-order valence-electron chi connectivity index (χ1n) is 10.2. The second kappa shape index (κ2) is 9.93. The smallest absolute Gasteiger partial charge is 0.236 e. The SMILES string of the molecule is CCc1nnc(Nc2cccc([C@@H]3CCCN(CC(=O)N(CC)CC)C3)n2)s1. The fourth-order valence-electron chi connectivity index (χ4n) is 3.61. The molecule has 1 atom stereocenters. The highest BCUT2D eigenvalue weighted by Crippen LogP contribution is 2.27. The van der Waals surface area contributed by atoms with Crippen molar-refractivity contribution in [2.75, 3.05) is 38.0 Å². The number of piperidine rings is 1. The molecule has 0 radical (unpaired) electrons. The number of rotatable bonds is 8. The Morgan fingerprint density at radius 1 is 1.29 bits per heavy atom. The van der Waals surface area contributed by atoms with Crippen molar-refractivity contribution >= 4 is 28.2 Å². The molecule has 3 rings (SSSR count). The summed E-state index contributed by atoms with van der Waals surface area (Å²) in [5, 5.41) is 13.4. The van der Waals surface area contributed by atoms with Crippen LogP contribution >= 0.6 is 11.3 Å². The Labute approximate surface area is 171 Å². The second-order valence-corrected chi connectivity index (χ2v) is 8.13. The van der Waals surface area contributed by atoms with E-state index in [1.165, 1.54) is 0 Å². The van der Waals surface area contributed by atoms with Gasteiger partial charge in [0.2, 0.25) is 11.0 Å². The van der Waals surface area contributed by atoms with Crippen LogP contribution in [0.25, 0.3) is 0 Å². The number of carbonyl (C=O) groups is 1. The van der Waals surface area contributed by atoms with Gasteiger partial charge in [-0.05, 0) is 51.8 Å². The molecule has 1 aliphatic rings. The third-order valence-electron chi connectivity index (χ3n) is 5.17. The Kier molecular flexibility index (Phi) is 7.33. The van der Waals surface area contributed by atoms with Crippen LogP contribution < -0.4 is 5.32 Å². The number of hydrogen-bond acceptors (Lipinski definition) is 7. The van der Waals surface area contributed by atoms with Gasteiger partial charge in [-0.3, -0.25) is 9.69 Å². The average molecular weight is 403 g/mol. The summed E-state index contributed by atoms with van der Waals surface area (Å²) < 4.78 is 0. The van der Waals surface area contributed by atoms with Crippen molar-refractivity contribution in [1.82, 2.24) is 25.0 Å². The molecule has 0 aromatic carbocycles. The van der Waals surface area contributed by atoms with Crippen molar-refractivity contribution in [3.05, 3.63) is 28.9 Å². The molecule has 8 heteroatoms. The van der Waals surface area contributed by atoms with Crippen LogP contribution in [0.5, 0.6) is 0 Å². The van der Waals surface area contributed by atoms with Gasteiger partial charge in [0.25, 0.3) is 0 Å². The number of carbonyl (C=O) groups excluding carboxylic acids is 1. The summed E-state index contributed by atoms with van der Waals surface area (Å²) in [4.78, 5) is 21.4. The second-order valence-electron chi connectivity index (χ2n) is 7.07. The van der Waals surface area contributed by atoms with E-state index in [4.69, 9.17) is 4.98 Å². The lowest BCUT2D eigenvalue weighted by molar-refractivity contribution is -0.132. The number of amides is 1. The normalized spacial score (nSPS) is 17.5. The number of hydrogen-bond donors (Lipinski definition) is 1. The third kappa shape index (κ3) is 5.26. The van der Waals surface area contributed by atoms with E-state index >= 15 is 0 Å². The van der Waals surface area contributed by atoms with Gasteiger partial charge in [-0.25, -0.2) is 4.98 Å². The fraction of sp³-hybridized carbons (Fsp3) is 0.600. The summed E-state index contributed by atoms with van der Waals surface area (Å²) >= 11 is 1.56.